The van der Waals surface area contributed by atoms with E-state index in [1.807, 2.05) is 50.2 Å². The molecule has 2 aromatic heterocycles. The van der Waals surface area contributed by atoms with E-state index in [2.05, 4.69) is 25.2 Å². The fraction of sp³-hybridized carbons (Fsp3) is 0.273. The number of rotatable bonds is 7. The Kier molecular flexibility index (Phi) is 6.79. The Morgan fingerprint density at radius 2 is 2.00 bits per heavy atom. The molecule has 8 heteroatoms. The number of anilines is 1. The maximum absolute atomic E-state index is 13.2. The van der Waals surface area contributed by atoms with Gasteiger partial charge in [-0.1, -0.05) is 24.6 Å². The van der Waals surface area contributed by atoms with Crippen molar-refractivity contribution in [2.45, 2.75) is 20.3 Å². The van der Waals surface area contributed by atoms with Crippen molar-refractivity contribution in [1.29, 1.82) is 0 Å². The maximum Gasteiger partial charge on any atom is 0.406 e. The van der Waals surface area contributed by atoms with Gasteiger partial charge in [0.15, 0.2) is 5.65 Å². The summed E-state index contributed by atoms with van der Waals surface area (Å²) in [6, 6.07) is 11.4. The van der Waals surface area contributed by atoms with Gasteiger partial charge in [0.05, 0.1) is 12.8 Å². The second kappa shape index (κ2) is 9.69. The number of benzene rings is 1. The zero-order chi connectivity index (χ0) is 21.5. The van der Waals surface area contributed by atoms with Crippen LogP contribution in [0.2, 0.25) is 0 Å². The minimum absolute atomic E-state index is 0.186. The molecule has 0 bridgehead atoms. The van der Waals surface area contributed by atoms with E-state index in [0.717, 1.165) is 27.9 Å². The molecule has 0 atom stereocenters. The van der Waals surface area contributed by atoms with Gasteiger partial charge in [0.25, 0.3) is 5.91 Å². The van der Waals surface area contributed by atoms with Crippen LogP contribution in [0.4, 0.5) is 10.5 Å². The highest BCUT2D eigenvalue weighted by atomic mass is 16.5. The summed E-state index contributed by atoms with van der Waals surface area (Å²) in [5.41, 5.74) is 4.07. The van der Waals surface area contributed by atoms with E-state index in [0.29, 0.717) is 18.6 Å². The van der Waals surface area contributed by atoms with Gasteiger partial charge in [-0.3, -0.25) is 9.89 Å². The average Bonchev–Trinajstić information content (AvgIpc) is 3.19. The molecule has 0 fully saturated rings. The van der Waals surface area contributed by atoms with Crippen LogP contribution in [0, 0.1) is 6.92 Å². The molecule has 0 spiro atoms. The predicted octanol–water partition coefficient (Wildman–Crippen LogP) is 3.45. The second-order valence-electron chi connectivity index (χ2n) is 6.74. The quantitative estimate of drug-likeness (QED) is 0.584. The van der Waals surface area contributed by atoms with E-state index >= 15 is 0 Å². The number of amides is 2. The molecule has 8 nitrogen and oxygen atoms in total. The number of fused-ring (bicyclic) bond motifs is 1. The zero-order valence-corrected chi connectivity index (χ0v) is 17.3. The van der Waals surface area contributed by atoms with Crippen LogP contribution in [0.15, 0.2) is 48.7 Å². The molecular formula is C22H25N5O3. The van der Waals surface area contributed by atoms with Crippen LogP contribution in [-0.2, 0) is 9.53 Å². The van der Waals surface area contributed by atoms with Crippen LogP contribution >= 0.6 is 0 Å². The highest BCUT2D eigenvalue weighted by Gasteiger charge is 2.17. The smallest absolute Gasteiger partial charge is 0.406 e. The van der Waals surface area contributed by atoms with Gasteiger partial charge in [-0.15, -0.1) is 0 Å². The van der Waals surface area contributed by atoms with Crippen molar-refractivity contribution in [2.75, 3.05) is 25.1 Å². The number of carbonyl (C=O) groups is 2. The number of aromatic amines is 1. The lowest BCUT2D eigenvalue weighted by molar-refractivity contribution is -0.114. The Morgan fingerprint density at radius 1 is 1.23 bits per heavy atom. The molecule has 2 amide bonds. The number of hydrogen-bond acceptors (Lipinski definition) is 5. The van der Waals surface area contributed by atoms with E-state index in [1.54, 1.807) is 17.2 Å². The van der Waals surface area contributed by atoms with E-state index in [9.17, 15) is 9.59 Å². The summed E-state index contributed by atoms with van der Waals surface area (Å²) in [4.78, 5) is 30.5. The summed E-state index contributed by atoms with van der Waals surface area (Å²) < 4.78 is 4.60. The SMILES string of the molecule is CCC(=CC(=O)N(CCNC(=O)OC)c1ccc(C)cc1)c1[nH]nc2ncccc12. The first-order valence-corrected chi connectivity index (χ1v) is 9.73. The summed E-state index contributed by atoms with van der Waals surface area (Å²) in [5.74, 6) is -0.186. The van der Waals surface area contributed by atoms with E-state index < -0.39 is 6.09 Å². The van der Waals surface area contributed by atoms with Crippen molar-refractivity contribution >= 4 is 34.3 Å². The van der Waals surface area contributed by atoms with Crippen LogP contribution in [0.5, 0.6) is 0 Å². The molecular weight excluding hydrogens is 382 g/mol. The molecule has 0 aliphatic heterocycles. The van der Waals surface area contributed by atoms with Crippen LogP contribution in [0.1, 0.15) is 24.6 Å². The average molecular weight is 407 g/mol. The van der Waals surface area contributed by atoms with E-state index in [-0.39, 0.29) is 12.5 Å². The highest BCUT2D eigenvalue weighted by molar-refractivity contribution is 6.07. The summed E-state index contributed by atoms with van der Waals surface area (Å²) in [6.07, 6.45) is 3.39. The Hall–Kier alpha value is -3.68. The van der Waals surface area contributed by atoms with Gasteiger partial charge < -0.3 is 15.0 Å². The third-order valence-electron chi connectivity index (χ3n) is 4.73. The Balaban J connectivity index is 1.89. The van der Waals surface area contributed by atoms with E-state index in [4.69, 9.17) is 0 Å². The minimum Gasteiger partial charge on any atom is -0.453 e. The molecule has 2 heterocycles. The lowest BCUT2D eigenvalue weighted by atomic mass is 10.1. The van der Waals surface area contributed by atoms with Gasteiger partial charge >= 0.3 is 6.09 Å². The predicted molar refractivity (Wildman–Crippen MR) is 116 cm³/mol. The number of aromatic nitrogens is 3. The van der Waals surface area contributed by atoms with Crippen LogP contribution in [-0.4, -0.2) is 47.4 Å². The monoisotopic (exact) mass is 407 g/mol. The number of ether oxygens (including phenoxy) is 1. The molecule has 0 radical (unpaired) electrons. The van der Waals surface area contributed by atoms with Crippen molar-refractivity contribution < 1.29 is 14.3 Å². The van der Waals surface area contributed by atoms with Gasteiger partial charge in [0.1, 0.15) is 0 Å². The van der Waals surface area contributed by atoms with Crippen LogP contribution in [0.25, 0.3) is 16.6 Å². The molecule has 0 saturated heterocycles. The standard InChI is InChI=1S/C22H25N5O3/c1-4-16(20-18-6-5-11-23-21(18)26-25-20)14-19(28)27(13-12-24-22(29)30-3)17-9-7-15(2)8-10-17/h5-11,14H,4,12-13H2,1-3H3,(H,24,29)(H,23,25,26). The third-order valence-corrected chi connectivity index (χ3v) is 4.73. The lowest BCUT2D eigenvalue weighted by Gasteiger charge is -2.22. The first-order valence-electron chi connectivity index (χ1n) is 9.73. The van der Waals surface area contributed by atoms with Crippen molar-refractivity contribution in [1.82, 2.24) is 20.5 Å². The summed E-state index contributed by atoms with van der Waals surface area (Å²) in [7, 11) is 1.30. The number of hydrogen-bond donors (Lipinski definition) is 2. The number of carbonyl (C=O) groups excluding carboxylic acids is 2. The molecule has 30 heavy (non-hydrogen) atoms. The van der Waals surface area contributed by atoms with Gasteiger partial charge in [0.2, 0.25) is 0 Å². The number of allylic oxidation sites excluding steroid dienone is 1. The number of nitrogens with zero attached hydrogens (tertiary/aromatic N) is 3. The van der Waals surface area contributed by atoms with Crippen LogP contribution in [0.3, 0.4) is 0 Å². The molecule has 156 valence electrons. The second-order valence-corrected chi connectivity index (χ2v) is 6.74. The molecule has 0 unspecified atom stereocenters. The molecule has 0 saturated carbocycles. The first-order chi connectivity index (χ1) is 14.5. The summed E-state index contributed by atoms with van der Waals surface area (Å²) in [5, 5.41) is 10.7. The third kappa shape index (κ3) is 4.83. The summed E-state index contributed by atoms with van der Waals surface area (Å²) >= 11 is 0. The highest BCUT2D eigenvalue weighted by Crippen LogP contribution is 2.24. The largest absolute Gasteiger partial charge is 0.453 e. The zero-order valence-electron chi connectivity index (χ0n) is 17.3. The van der Waals surface area contributed by atoms with Crippen LogP contribution < -0.4 is 10.2 Å². The molecule has 3 aromatic rings. The van der Waals surface area contributed by atoms with Crippen molar-refractivity contribution in [3.8, 4) is 0 Å². The number of alkyl carbamates (subject to hydrolysis) is 1. The minimum atomic E-state index is -0.535. The first kappa shape index (κ1) is 21.0. The van der Waals surface area contributed by atoms with Crippen molar-refractivity contribution in [3.05, 3.63) is 59.9 Å². The Morgan fingerprint density at radius 3 is 2.70 bits per heavy atom. The molecule has 0 aliphatic rings. The number of methoxy groups -OCH3 is 1. The molecule has 2 N–H and O–H groups in total. The number of aryl methyl sites for hydroxylation is 1. The normalized spacial score (nSPS) is 11.4. The number of nitrogens with one attached hydrogen (secondary N) is 2. The lowest BCUT2D eigenvalue weighted by Crippen LogP contribution is -2.38. The van der Waals surface area contributed by atoms with Gasteiger partial charge in [0, 0.05) is 36.4 Å². The van der Waals surface area contributed by atoms with E-state index in [1.165, 1.54) is 7.11 Å². The van der Waals surface area contributed by atoms with Gasteiger partial charge in [-0.05, 0) is 43.2 Å². The number of pyridine rings is 1. The molecule has 1 aromatic carbocycles. The van der Waals surface area contributed by atoms with Gasteiger partial charge in [-0.2, -0.15) is 5.10 Å². The fourth-order valence-electron chi connectivity index (χ4n) is 3.11. The van der Waals surface area contributed by atoms with Crippen molar-refractivity contribution in [2.24, 2.45) is 0 Å². The topological polar surface area (TPSA) is 100 Å². The Labute approximate surface area is 174 Å². The fourth-order valence-corrected chi connectivity index (χ4v) is 3.11. The molecule has 0 aliphatic carbocycles. The van der Waals surface area contributed by atoms with Gasteiger partial charge in [-0.25, -0.2) is 9.78 Å². The number of H-pyrrole nitrogens is 1. The Bertz CT molecular complexity index is 1060. The van der Waals surface area contributed by atoms with Crippen molar-refractivity contribution in [3.63, 3.8) is 0 Å². The summed E-state index contributed by atoms with van der Waals surface area (Å²) in [6.45, 7) is 4.53. The maximum atomic E-state index is 13.2. The molecule has 3 rings (SSSR count).